The van der Waals surface area contributed by atoms with Gasteiger partial charge in [-0.2, -0.15) is 0 Å². The van der Waals surface area contributed by atoms with Crippen LogP contribution in [0.1, 0.15) is 25.7 Å². The summed E-state index contributed by atoms with van der Waals surface area (Å²) >= 11 is 0. The zero-order valence-corrected chi connectivity index (χ0v) is 10.5. The average Bonchev–Trinajstić information content (AvgIpc) is 2.80. The fourth-order valence-corrected chi connectivity index (χ4v) is 2.18. The number of nitrogens with two attached hydrogens (primary N) is 1. The molecule has 3 amide bonds. The Morgan fingerprint density at radius 1 is 1.28 bits per heavy atom. The van der Waals surface area contributed by atoms with Crippen molar-refractivity contribution in [3.05, 3.63) is 0 Å². The lowest BCUT2D eigenvalue weighted by Crippen LogP contribution is -2.47. The molecular formula is C11H19N3O4. The third-order valence-electron chi connectivity index (χ3n) is 3.01. The number of carbonyl (C=O) groups is 3. The summed E-state index contributed by atoms with van der Waals surface area (Å²) in [4.78, 5) is 35.1. The molecule has 0 aromatic heterocycles. The van der Waals surface area contributed by atoms with Gasteiger partial charge in [0.25, 0.3) is 0 Å². The van der Waals surface area contributed by atoms with Crippen molar-refractivity contribution >= 4 is 17.9 Å². The summed E-state index contributed by atoms with van der Waals surface area (Å²) in [5.74, 6) is -0.896. The van der Waals surface area contributed by atoms with Gasteiger partial charge >= 0.3 is 12.0 Å². The molecule has 0 saturated heterocycles. The molecule has 1 fully saturated rings. The summed E-state index contributed by atoms with van der Waals surface area (Å²) in [6.45, 7) is 0.0239. The minimum atomic E-state index is -0.885. The van der Waals surface area contributed by atoms with Crippen LogP contribution < -0.4 is 11.1 Å². The van der Waals surface area contributed by atoms with Crippen molar-refractivity contribution in [2.45, 2.75) is 31.7 Å². The maximum absolute atomic E-state index is 11.5. The largest absolute Gasteiger partial charge is 0.468 e. The van der Waals surface area contributed by atoms with Gasteiger partial charge in [-0.3, -0.25) is 19.8 Å². The standard InChI is InChI=1S/C11H19N3O4/c1-18-10(16)7-14(8-4-2-3-5-8)6-9(15)13-11(12)17/h8H,2-7H2,1H3,(H3,12,13,15,17). The zero-order chi connectivity index (χ0) is 13.5. The van der Waals surface area contributed by atoms with Crippen molar-refractivity contribution in [3.63, 3.8) is 0 Å². The van der Waals surface area contributed by atoms with E-state index >= 15 is 0 Å². The number of esters is 1. The van der Waals surface area contributed by atoms with Gasteiger partial charge in [-0.1, -0.05) is 12.8 Å². The van der Waals surface area contributed by atoms with Crippen LogP contribution in [0.25, 0.3) is 0 Å². The maximum atomic E-state index is 11.5. The lowest BCUT2D eigenvalue weighted by molar-refractivity contribution is -0.142. The van der Waals surface area contributed by atoms with Crippen LogP contribution in [0, 0.1) is 0 Å². The van der Waals surface area contributed by atoms with E-state index in [2.05, 4.69) is 4.74 Å². The minimum Gasteiger partial charge on any atom is -0.468 e. The first-order valence-electron chi connectivity index (χ1n) is 5.93. The number of hydrogen-bond acceptors (Lipinski definition) is 5. The van der Waals surface area contributed by atoms with Crippen molar-refractivity contribution in [1.82, 2.24) is 10.2 Å². The van der Waals surface area contributed by atoms with E-state index in [0.29, 0.717) is 0 Å². The van der Waals surface area contributed by atoms with Crippen LogP contribution in [0.2, 0.25) is 0 Å². The molecule has 0 atom stereocenters. The van der Waals surface area contributed by atoms with E-state index in [4.69, 9.17) is 5.73 Å². The van der Waals surface area contributed by atoms with E-state index < -0.39 is 17.9 Å². The van der Waals surface area contributed by atoms with Crippen molar-refractivity contribution in [2.24, 2.45) is 5.73 Å². The Hall–Kier alpha value is -1.63. The molecule has 3 N–H and O–H groups in total. The summed E-state index contributed by atoms with van der Waals surface area (Å²) in [6.07, 6.45) is 4.06. The molecule has 18 heavy (non-hydrogen) atoms. The predicted molar refractivity (Wildman–Crippen MR) is 63.6 cm³/mol. The van der Waals surface area contributed by atoms with Crippen molar-refractivity contribution < 1.29 is 19.1 Å². The van der Waals surface area contributed by atoms with Crippen LogP contribution in [0.5, 0.6) is 0 Å². The number of imide groups is 1. The highest BCUT2D eigenvalue weighted by Crippen LogP contribution is 2.23. The van der Waals surface area contributed by atoms with Crippen LogP contribution in [0.4, 0.5) is 4.79 Å². The Morgan fingerprint density at radius 2 is 1.89 bits per heavy atom. The molecule has 102 valence electrons. The third kappa shape index (κ3) is 4.70. The summed E-state index contributed by atoms with van der Waals surface area (Å²) in [6, 6.07) is -0.702. The van der Waals surface area contributed by atoms with Crippen LogP contribution >= 0.6 is 0 Å². The number of ether oxygens (including phenoxy) is 1. The number of nitrogens with one attached hydrogen (secondary N) is 1. The Morgan fingerprint density at radius 3 is 2.39 bits per heavy atom. The molecule has 0 radical (unpaired) electrons. The van der Waals surface area contributed by atoms with Crippen LogP contribution in [0.15, 0.2) is 0 Å². The van der Waals surface area contributed by atoms with E-state index in [1.807, 2.05) is 5.32 Å². The topological polar surface area (TPSA) is 102 Å². The van der Waals surface area contributed by atoms with Gasteiger partial charge in [0.05, 0.1) is 20.2 Å². The predicted octanol–water partition coefficient (Wildman–Crippen LogP) is -0.401. The number of amides is 3. The fourth-order valence-electron chi connectivity index (χ4n) is 2.18. The molecule has 0 aromatic rings. The second-order valence-electron chi connectivity index (χ2n) is 4.33. The number of urea groups is 1. The molecule has 1 aliphatic rings. The smallest absolute Gasteiger partial charge is 0.319 e. The lowest BCUT2D eigenvalue weighted by atomic mass is 10.2. The molecule has 0 aliphatic heterocycles. The highest BCUT2D eigenvalue weighted by molar-refractivity contribution is 5.94. The molecule has 0 bridgehead atoms. The van der Waals surface area contributed by atoms with Gasteiger partial charge in [-0.05, 0) is 12.8 Å². The van der Waals surface area contributed by atoms with Gasteiger partial charge in [0, 0.05) is 6.04 Å². The summed E-state index contributed by atoms with van der Waals surface area (Å²) in [5, 5.41) is 1.99. The van der Waals surface area contributed by atoms with E-state index in [1.165, 1.54) is 7.11 Å². The van der Waals surface area contributed by atoms with Crippen molar-refractivity contribution in [3.8, 4) is 0 Å². The molecular weight excluding hydrogens is 238 g/mol. The van der Waals surface area contributed by atoms with E-state index in [0.717, 1.165) is 25.7 Å². The van der Waals surface area contributed by atoms with Crippen LogP contribution in [-0.2, 0) is 14.3 Å². The summed E-state index contributed by atoms with van der Waals surface area (Å²) < 4.78 is 4.60. The van der Waals surface area contributed by atoms with Gasteiger partial charge in [0.15, 0.2) is 0 Å². The fraction of sp³-hybridized carbons (Fsp3) is 0.727. The Bertz CT molecular complexity index is 326. The molecule has 1 aliphatic carbocycles. The molecule has 0 unspecified atom stereocenters. The van der Waals surface area contributed by atoms with E-state index in [-0.39, 0.29) is 19.1 Å². The first-order valence-corrected chi connectivity index (χ1v) is 5.93. The van der Waals surface area contributed by atoms with Gasteiger partial charge in [0.1, 0.15) is 0 Å². The molecule has 1 rings (SSSR count). The second-order valence-corrected chi connectivity index (χ2v) is 4.33. The van der Waals surface area contributed by atoms with Crippen molar-refractivity contribution in [2.75, 3.05) is 20.2 Å². The Balaban J connectivity index is 2.55. The number of nitrogens with zero attached hydrogens (tertiary/aromatic N) is 1. The van der Waals surface area contributed by atoms with Crippen molar-refractivity contribution in [1.29, 1.82) is 0 Å². The lowest BCUT2D eigenvalue weighted by Gasteiger charge is -2.26. The second kappa shape index (κ2) is 6.95. The highest BCUT2D eigenvalue weighted by Gasteiger charge is 2.26. The van der Waals surface area contributed by atoms with Gasteiger partial charge < -0.3 is 10.5 Å². The Kier molecular flexibility index (Phi) is 5.57. The van der Waals surface area contributed by atoms with E-state index in [9.17, 15) is 14.4 Å². The van der Waals surface area contributed by atoms with Gasteiger partial charge in [-0.25, -0.2) is 4.79 Å². The van der Waals surface area contributed by atoms with Gasteiger partial charge in [-0.15, -0.1) is 0 Å². The third-order valence-corrected chi connectivity index (χ3v) is 3.01. The molecule has 0 heterocycles. The normalized spacial score (nSPS) is 15.7. The number of primary amides is 1. The molecule has 7 nitrogen and oxygen atoms in total. The first kappa shape index (κ1) is 14.4. The summed E-state index contributed by atoms with van der Waals surface area (Å²) in [7, 11) is 1.30. The van der Waals surface area contributed by atoms with Gasteiger partial charge in [0.2, 0.25) is 5.91 Å². The molecule has 0 spiro atoms. The zero-order valence-electron chi connectivity index (χ0n) is 10.5. The number of methoxy groups -OCH3 is 1. The quantitative estimate of drug-likeness (QED) is 0.652. The molecule has 1 saturated carbocycles. The Labute approximate surface area is 106 Å². The monoisotopic (exact) mass is 257 g/mol. The van der Waals surface area contributed by atoms with E-state index in [1.54, 1.807) is 4.90 Å². The summed E-state index contributed by atoms with van der Waals surface area (Å²) in [5.41, 5.74) is 4.87. The highest BCUT2D eigenvalue weighted by atomic mass is 16.5. The number of carbonyl (C=O) groups excluding carboxylic acids is 3. The minimum absolute atomic E-state index is 0.0251. The van der Waals surface area contributed by atoms with Crippen LogP contribution in [-0.4, -0.2) is 49.0 Å². The number of rotatable bonds is 5. The molecule has 0 aromatic carbocycles. The SMILES string of the molecule is COC(=O)CN(CC(=O)NC(N)=O)C1CCCC1. The molecule has 7 heteroatoms. The number of hydrogen-bond donors (Lipinski definition) is 2. The van der Waals surface area contributed by atoms with Crippen LogP contribution in [0.3, 0.4) is 0 Å². The maximum Gasteiger partial charge on any atom is 0.319 e. The first-order chi connectivity index (χ1) is 8.52. The average molecular weight is 257 g/mol.